The van der Waals surface area contributed by atoms with Gasteiger partial charge in [0.05, 0.1) is 5.01 Å². The second kappa shape index (κ2) is 5.26. The summed E-state index contributed by atoms with van der Waals surface area (Å²) in [6.45, 7) is 4.55. The predicted molar refractivity (Wildman–Crippen MR) is 69.8 cm³/mol. The maximum atomic E-state index is 4.45. The van der Waals surface area contributed by atoms with Gasteiger partial charge >= 0.3 is 0 Å². The molecule has 2 heteroatoms. The van der Waals surface area contributed by atoms with Crippen molar-refractivity contribution < 1.29 is 0 Å². The summed E-state index contributed by atoms with van der Waals surface area (Å²) in [7, 11) is 0. The van der Waals surface area contributed by atoms with Crippen LogP contribution >= 0.6 is 11.3 Å². The van der Waals surface area contributed by atoms with Crippen LogP contribution in [0.1, 0.15) is 30.3 Å². The van der Waals surface area contributed by atoms with E-state index in [0.717, 1.165) is 6.42 Å². The lowest BCUT2D eigenvalue weighted by Crippen LogP contribution is -2.09. The molecule has 84 valence electrons. The fourth-order valence-corrected chi connectivity index (χ4v) is 2.81. The Morgan fingerprint density at radius 1 is 1.19 bits per heavy atom. The van der Waals surface area contributed by atoms with Crippen molar-refractivity contribution in [2.75, 3.05) is 0 Å². The Bertz CT molecular complexity index is 406. The topological polar surface area (TPSA) is 12.9 Å². The van der Waals surface area contributed by atoms with Crippen LogP contribution in [-0.4, -0.2) is 4.98 Å². The standard InChI is InChI=1S/C14H17NS/c1-11(2)13(14-15-8-9-16-14)10-12-6-4-3-5-7-12/h3-9,11,13H,10H2,1-2H3. The molecule has 0 spiro atoms. The monoisotopic (exact) mass is 231 g/mol. The lowest BCUT2D eigenvalue weighted by atomic mass is 9.90. The van der Waals surface area contributed by atoms with Crippen LogP contribution in [0.3, 0.4) is 0 Å². The molecule has 0 amide bonds. The van der Waals surface area contributed by atoms with Gasteiger partial charge in [-0.1, -0.05) is 44.2 Å². The Labute approximate surface area is 101 Å². The van der Waals surface area contributed by atoms with Crippen molar-refractivity contribution in [2.24, 2.45) is 5.92 Å². The molecule has 16 heavy (non-hydrogen) atoms. The number of hydrogen-bond acceptors (Lipinski definition) is 2. The summed E-state index contributed by atoms with van der Waals surface area (Å²) in [5, 5.41) is 3.33. The van der Waals surface area contributed by atoms with Crippen LogP contribution in [0.4, 0.5) is 0 Å². The summed E-state index contributed by atoms with van der Waals surface area (Å²) in [6, 6.07) is 10.7. The Balaban J connectivity index is 2.16. The molecule has 0 saturated carbocycles. The molecule has 1 nitrogen and oxygen atoms in total. The normalized spacial score (nSPS) is 12.9. The average Bonchev–Trinajstić information content (AvgIpc) is 2.80. The summed E-state index contributed by atoms with van der Waals surface area (Å²) < 4.78 is 0. The number of nitrogens with zero attached hydrogens (tertiary/aromatic N) is 1. The Kier molecular flexibility index (Phi) is 3.73. The molecular formula is C14H17NS. The molecule has 0 fully saturated rings. The Morgan fingerprint density at radius 3 is 2.50 bits per heavy atom. The molecule has 2 aromatic rings. The van der Waals surface area contributed by atoms with Gasteiger partial charge in [0, 0.05) is 17.5 Å². The second-order valence-corrected chi connectivity index (χ2v) is 5.34. The average molecular weight is 231 g/mol. The van der Waals surface area contributed by atoms with Crippen LogP contribution in [0.5, 0.6) is 0 Å². The third-order valence-corrected chi connectivity index (χ3v) is 3.78. The smallest absolute Gasteiger partial charge is 0.0961 e. The molecular weight excluding hydrogens is 214 g/mol. The molecule has 1 aromatic heterocycles. The van der Waals surface area contributed by atoms with E-state index in [4.69, 9.17) is 0 Å². The van der Waals surface area contributed by atoms with Crippen molar-refractivity contribution in [1.82, 2.24) is 4.98 Å². The van der Waals surface area contributed by atoms with Crippen molar-refractivity contribution in [2.45, 2.75) is 26.2 Å². The summed E-state index contributed by atoms with van der Waals surface area (Å²) in [6.07, 6.45) is 2.99. The van der Waals surface area contributed by atoms with Crippen molar-refractivity contribution in [3.63, 3.8) is 0 Å². The Hall–Kier alpha value is -1.15. The molecule has 0 saturated heterocycles. The zero-order chi connectivity index (χ0) is 11.4. The van der Waals surface area contributed by atoms with Crippen molar-refractivity contribution in [3.05, 3.63) is 52.5 Å². The molecule has 1 heterocycles. The molecule has 2 rings (SSSR count). The number of rotatable bonds is 4. The zero-order valence-electron chi connectivity index (χ0n) is 9.76. The van der Waals surface area contributed by atoms with Crippen LogP contribution in [0.25, 0.3) is 0 Å². The maximum absolute atomic E-state index is 4.45. The largest absolute Gasteiger partial charge is 0.249 e. The second-order valence-electron chi connectivity index (χ2n) is 4.41. The van der Waals surface area contributed by atoms with Crippen molar-refractivity contribution >= 4 is 11.3 Å². The predicted octanol–water partition coefficient (Wildman–Crippen LogP) is 4.13. The fourth-order valence-electron chi connectivity index (χ4n) is 1.89. The van der Waals surface area contributed by atoms with Gasteiger partial charge in [-0.2, -0.15) is 0 Å². The number of hydrogen-bond donors (Lipinski definition) is 0. The van der Waals surface area contributed by atoms with Gasteiger partial charge in [-0.15, -0.1) is 11.3 Å². The molecule has 1 unspecified atom stereocenters. The summed E-state index contributed by atoms with van der Waals surface area (Å²) in [5.74, 6) is 1.17. The van der Waals surface area contributed by atoms with Gasteiger partial charge in [0.1, 0.15) is 0 Å². The van der Waals surface area contributed by atoms with E-state index >= 15 is 0 Å². The number of aromatic nitrogens is 1. The molecule has 1 aromatic carbocycles. The van der Waals surface area contributed by atoms with Crippen LogP contribution in [0.2, 0.25) is 0 Å². The van der Waals surface area contributed by atoms with E-state index < -0.39 is 0 Å². The quantitative estimate of drug-likeness (QED) is 0.771. The molecule has 0 aliphatic carbocycles. The third kappa shape index (κ3) is 2.70. The van der Waals surface area contributed by atoms with E-state index in [0.29, 0.717) is 11.8 Å². The number of thiazole rings is 1. The van der Waals surface area contributed by atoms with E-state index in [1.54, 1.807) is 11.3 Å². The highest BCUT2D eigenvalue weighted by Crippen LogP contribution is 2.29. The van der Waals surface area contributed by atoms with E-state index in [2.05, 4.69) is 54.5 Å². The van der Waals surface area contributed by atoms with E-state index in [-0.39, 0.29) is 0 Å². The van der Waals surface area contributed by atoms with Crippen LogP contribution in [0, 0.1) is 5.92 Å². The molecule has 0 aliphatic heterocycles. The minimum Gasteiger partial charge on any atom is -0.249 e. The first-order valence-corrected chi connectivity index (χ1v) is 6.58. The highest BCUT2D eigenvalue weighted by Gasteiger charge is 2.18. The van der Waals surface area contributed by atoms with E-state index in [1.807, 2.05) is 6.20 Å². The molecule has 0 radical (unpaired) electrons. The van der Waals surface area contributed by atoms with E-state index in [1.165, 1.54) is 10.6 Å². The van der Waals surface area contributed by atoms with Gasteiger partial charge in [-0.25, -0.2) is 4.98 Å². The van der Waals surface area contributed by atoms with Crippen molar-refractivity contribution in [1.29, 1.82) is 0 Å². The summed E-state index contributed by atoms with van der Waals surface area (Å²) in [5.41, 5.74) is 1.40. The molecule has 1 atom stereocenters. The van der Waals surface area contributed by atoms with Gasteiger partial charge in [0.2, 0.25) is 0 Å². The highest BCUT2D eigenvalue weighted by molar-refractivity contribution is 7.09. The minimum atomic E-state index is 0.544. The lowest BCUT2D eigenvalue weighted by Gasteiger charge is -2.18. The first-order chi connectivity index (χ1) is 7.77. The molecule has 0 aliphatic rings. The Morgan fingerprint density at radius 2 is 1.94 bits per heavy atom. The van der Waals surface area contributed by atoms with Gasteiger partial charge in [-0.05, 0) is 17.9 Å². The zero-order valence-corrected chi connectivity index (χ0v) is 10.6. The van der Waals surface area contributed by atoms with E-state index in [9.17, 15) is 0 Å². The number of benzene rings is 1. The fraction of sp³-hybridized carbons (Fsp3) is 0.357. The van der Waals surface area contributed by atoms with Crippen LogP contribution in [0.15, 0.2) is 41.9 Å². The maximum Gasteiger partial charge on any atom is 0.0961 e. The first kappa shape index (κ1) is 11.3. The minimum absolute atomic E-state index is 0.544. The summed E-state index contributed by atoms with van der Waals surface area (Å²) in [4.78, 5) is 4.45. The van der Waals surface area contributed by atoms with Crippen LogP contribution in [-0.2, 0) is 6.42 Å². The van der Waals surface area contributed by atoms with Gasteiger partial charge in [0.15, 0.2) is 0 Å². The molecule has 0 bridgehead atoms. The van der Waals surface area contributed by atoms with Crippen molar-refractivity contribution in [3.8, 4) is 0 Å². The summed E-state index contributed by atoms with van der Waals surface area (Å²) >= 11 is 1.77. The van der Waals surface area contributed by atoms with Crippen LogP contribution < -0.4 is 0 Å². The van der Waals surface area contributed by atoms with Gasteiger partial charge in [0.25, 0.3) is 0 Å². The van der Waals surface area contributed by atoms with Gasteiger partial charge < -0.3 is 0 Å². The third-order valence-electron chi connectivity index (χ3n) is 2.87. The lowest BCUT2D eigenvalue weighted by molar-refractivity contribution is 0.493. The SMILES string of the molecule is CC(C)C(Cc1ccccc1)c1nccs1. The van der Waals surface area contributed by atoms with Gasteiger partial charge in [-0.3, -0.25) is 0 Å². The highest BCUT2D eigenvalue weighted by atomic mass is 32.1. The molecule has 0 N–H and O–H groups in total. The first-order valence-electron chi connectivity index (χ1n) is 5.70.